The quantitative estimate of drug-likeness (QED) is 0.515. The number of hydrogen-bond acceptors (Lipinski definition) is 1. The molecule has 3 heteroatoms. The van der Waals surface area contributed by atoms with Crippen molar-refractivity contribution in [1.29, 1.82) is 0 Å². The zero-order valence-electron chi connectivity index (χ0n) is 16.7. The van der Waals surface area contributed by atoms with Crippen molar-refractivity contribution in [3.8, 4) is 17.6 Å². The maximum absolute atomic E-state index is 14.2. The van der Waals surface area contributed by atoms with E-state index in [4.69, 9.17) is 4.74 Å². The molecule has 1 saturated carbocycles. The predicted octanol–water partition coefficient (Wildman–Crippen LogP) is 6.84. The average Bonchev–Trinajstić information content (AvgIpc) is 2.74. The Hall–Kier alpha value is -2.34. The van der Waals surface area contributed by atoms with Crippen LogP contribution in [-0.4, -0.2) is 6.61 Å². The standard InChI is InChI=1S/C25H28F2O/c1-3-17-28-23-16-15-22(24(26)25(23)27)14-9-19-7-12-21(13-8-19)20-10-5-18(4-2)6-11-20/h7-8,12-13,15-16,18,20H,3-6,10-11,17H2,1-2H3/t18-,20-. The van der Waals surface area contributed by atoms with E-state index in [0.717, 1.165) is 17.9 Å². The normalized spacial score (nSPS) is 19.0. The first-order valence-electron chi connectivity index (χ1n) is 10.3. The molecule has 148 valence electrons. The van der Waals surface area contributed by atoms with E-state index in [9.17, 15) is 8.78 Å². The summed E-state index contributed by atoms with van der Waals surface area (Å²) in [5, 5.41) is 0. The van der Waals surface area contributed by atoms with Gasteiger partial charge in [0.25, 0.3) is 0 Å². The van der Waals surface area contributed by atoms with Gasteiger partial charge >= 0.3 is 0 Å². The predicted molar refractivity (Wildman–Crippen MR) is 110 cm³/mol. The highest BCUT2D eigenvalue weighted by molar-refractivity contribution is 5.46. The van der Waals surface area contributed by atoms with Crippen LogP contribution in [0.15, 0.2) is 36.4 Å². The summed E-state index contributed by atoms with van der Waals surface area (Å²) in [6.07, 6.45) is 7.14. The number of ether oxygens (including phenoxy) is 1. The summed E-state index contributed by atoms with van der Waals surface area (Å²) in [6, 6.07) is 11.1. The summed E-state index contributed by atoms with van der Waals surface area (Å²) in [5.41, 5.74) is 2.20. The van der Waals surface area contributed by atoms with E-state index in [1.54, 1.807) is 0 Å². The highest BCUT2D eigenvalue weighted by Crippen LogP contribution is 2.36. The molecule has 0 heterocycles. The van der Waals surface area contributed by atoms with Gasteiger partial charge in [-0.25, -0.2) is 4.39 Å². The average molecular weight is 382 g/mol. The Morgan fingerprint density at radius 3 is 2.25 bits per heavy atom. The third kappa shape index (κ3) is 4.93. The van der Waals surface area contributed by atoms with Gasteiger partial charge in [0.1, 0.15) is 0 Å². The second-order valence-corrected chi connectivity index (χ2v) is 7.59. The van der Waals surface area contributed by atoms with Crippen LogP contribution >= 0.6 is 0 Å². The van der Waals surface area contributed by atoms with Crippen molar-refractivity contribution in [3.63, 3.8) is 0 Å². The fourth-order valence-electron chi connectivity index (χ4n) is 3.83. The van der Waals surface area contributed by atoms with Gasteiger partial charge in [-0.3, -0.25) is 0 Å². The number of halogens is 2. The summed E-state index contributed by atoms with van der Waals surface area (Å²) >= 11 is 0. The minimum Gasteiger partial charge on any atom is -0.490 e. The zero-order chi connectivity index (χ0) is 19.9. The topological polar surface area (TPSA) is 9.23 Å². The summed E-state index contributed by atoms with van der Waals surface area (Å²) in [6.45, 7) is 4.54. The first-order valence-corrected chi connectivity index (χ1v) is 10.3. The Morgan fingerprint density at radius 2 is 1.61 bits per heavy atom. The van der Waals surface area contributed by atoms with Gasteiger partial charge in [-0.2, -0.15) is 4.39 Å². The first kappa shape index (κ1) is 20.4. The summed E-state index contributed by atoms with van der Waals surface area (Å²) in [5.74, 6) is 5.21. The molecule has 1 nitrogen and oxygen atoms in total. The molecule has 0 saturated heterocycles. The molecule has 1 aliphatic rings. The maximum atomic E-state index is 14.2. The van der Waals surface area contributed by atoms with Crippen molar-refractivity contribution in [2.24, 2.45) is 5.92 Å². The van der Waals surface area contributed by atoms with E-state index < -0.39 is 11.6 Å². The Labute approximate surface area is 167 Å². The lowest BCUT2D eigenvalue weighted by Crippen LogP contribution is -2.12. The van der Waals surface area contributed by atoms with Gasteiger partial charge in [-0.1, -0.05) is 44.2 Å². The van der Waals surface area contributed by atoms with Crippen molar-refractivity contribution >= 4 is 0 Å². The van der Waals surface area contributed by atoms with Crippen molar-refractivity contribution in [1.82, 2.24) is 0 Å². The lowest BCUT2D eigenvalue weighted by Gasteiger charge is -2.28. The van der Waals surface area contributed by atoms with E-state index in [1.165, 1.54) is 49.8 Å². The molecule has 0 spiro atoms. The molecule has 1 fully saturated rings. The minimum absolute atomic E-state index is 0.0447. The van der Waals surface area contributed by atoms with E-state index in [0.29, 0.717) is 12.5 Å². The fourth-order valence-corrected chi connectivity index (χ4v) is 3.83. The summed E-state index contributed by atoms with van der Waals surface area (Å²) in [7, 11) is 0. The van der Waals surface area contributed by atoms with Gasteiger partial charge in [0, 0.05) is 5.56 Å². The smallest absolute Gasteiger partial charge is 0.201 e. The second-order valence-electron chi connectivity index (χ2n) is 7.59. The van der Waals surface area contributed by atoms with E-state index in [1.807, 2.05) is 19.1 Å². The van der Waals surface area contributed by atoms with Crippen LogP contribution in [0.1, 0.15) is 75.0 Å². The van der Waals surface area contributed by atoms with Crippen LogP contribution in [0.25, 0.3) is 0 Å². The summed E-state index contributed by atoms with van der Waals surface area (Å²) < 4.78 is 33.5. The van der Waals surface area contributed by atoms with Crippen LogP contribution in [0.2, 0.25) is 0 Å². The molecule has 0 N–H and O–H groups in total. The van der Waals surface area contributed by atoms with Crippen LogP contribution in [0.5, 0.6) is 5.75 Å². The molecule has 0 aliphatic heterocycles. The van der Waals surface area contributed by atoms with Crippen molar-refractivity contribution < 1.29 is 13.5 Å². The van der Waals surface area contributed by atoms with Crippen molar-refractivity contribution in [2.75, 3.05) is 6.61 Å². The van der Waals surface area contributed by atoms with Crippen molar-refractivity contribution in [3.05, 3.63) is 64.7 Å². The maximum Gasteiger partial charge on any atom is 0.201 e. The van der Waals surface area contributed by atoms with Crippen LogP contribution in [0.3, 0.4) is 0 Å². The third-order valence-corrected chi connectivity index (χ3v) is 5.66. The molecule has 3 rings (SSSR count). The molecule has 0 unspecified atom stereocenters. The first-order chi connectivity index (χ1) is 13.6. The molecule has 0 bridgehead atoms. The van der Waals surface area contributed by atoms with E-state index in [2.05, 4.69) is 30.9 Å². The molecule has 1 aliphatic carbocycles. The molecule has 0 aromatic heterocycles. The minimum atomic E-state index is -0.974. The van der Waals surface area contributed by atoms with E-state index in [-0.39, 0.29) is 11.3 Å². The highest BCUT2D eigenvalue weighted by Gasteiger charge is 2.21. The van der Waals surface area contributed by atoms with E-state index >= 15 is 0 Å². The largest absolute Gasteiger partial charge is 0.490 e. The SMILES string of the molecule is CCCOc1ccc(C#Cc2ccc([C@H]3CC[C@H](CC)CC3)cc2)c(F)c1F. The second kappa shape index (κ2) is 9.73. The Morgan fingerprint density at radius 1 is 0.893 bits per heavy atom. The summed E-state index contributed by atoms with van der Waals surface area (Å²) in [4.78, 5) is 0. The lowest BCUT2D eigenvalue weighted by molar-refractivity contribution is 0.295. The lowest BCUT2D eigenvalue weighted by atomic mass is 9.78. The zero-order valence-corrected chi connectivity index (χ0v) is 16.7. The molecular weight excluding hydrogens is 354 g/mol. The van der Waals surface area contributed by atoms with Gasteiger partial charge in [-0.05, 0) is 73.8 Å². The van der Waals surface area contributed by atoms with Crippen LogP contribution in [0.4, 0.5) is 8.78 Å². The van der Waals surface area contributed by atoms with Crippen LogP contribution < -0.4 is 4.74 Å². The highest BCUT2D eigenvalue weighted by atomic mass is 19.2. The molecule has 2 aromatic carbocycles. The number of benzene rings is 2. The van der Waals surface area contributed by atoms with Gasteiger partial charge < -0.3 is 4.74 Å². The number of rotatable bonds is 5. The van der Waals surface area contributed by atoms with Gasteiger partial charge in [0.2, 0.25) is 5.82 Å². The molecule has 28 heavy (non-hydrogen) atoms. The van der Waals surface area contributed by atoms with Crippen LogP contribution in [0, 0.1) is 29.4 Å². The molecule has 0 amide bonds. The van der Waals surface area contributed by atoms with Gasteiger partial charge in [-0.15, -0.1) is 0 Å². The fraction of sp³-hybridized carbons (Fsp3) is 0.440. The monoisotopic (exact) mass is 382 g/mol. The molecule has 0 atom stereocenters. The third-order valence-electron chi connectivity index (χ3n) is 5.66. The number of hydrogen-bond donors (Lipinski definition) is 0. The van der Waals surface area contributed by atoms with Gasteiger partial charge in [0.05, 0.1) is 12.2 Å². The Kier molecular flexibility index (Phi) is 7.09. The van der Waals surface area contributed by atoms with Crippen LogP contribution in [-0.2, 0) is 0 Å². The molecular formula is C25H28F2O. The Balaban J connectivity index is 1.68. The van der Waals surface area contributed by atoms with Crippen molar-refractivity contribution in [2.45, 2.75) is 58.3 Å². The molecule has 0 radical (unpaired) electrons. The molecule has 2 aromatic rings. The van der Waals surface area contributed by atoms with Gasteiger partial charge in [0.15, 0.2) is 11.6 Å². The Bertz CT molecular complexity index is 837.